The Kier molecular flexibility index (Phi) is 7.43. The van der Waals surface area contributed by atoms with Crippen molar-refractivity contribution >= 4 is 29.8 Å². The van der Waals surface area contributed by atoms with E-state index < -0.39 is 11.0 Å². The minimum Gasteiger partial charge on any atom is -0.353 e. The highest BCUT2D eigenvalue weighted by Crippen LogP contribution is 2.28. The third-order valence-electron chi connectivity index (χ3n) is 4.05. The fourth-order valence-electron chi connectivity index (χ4n) is 2.82. The summed E-state index contributed by atoms with van der Waals surface area (Å²) in [4.78, 5) is 23.2. The van der Waals surface area contributed by atoms with Gasteiger partial charge in [0.25, 0.3) is 0 Å². The summed E-state index contributed by atoms with van der Waals surface area (Å²) in [6.45, 7) is 5.18. The number of amides is 1. The second-order valence-corrected chi connectivity index (χ2v) is 5.82. The van der Waals surface area contributed by atoms with E-state index >= 15 is 0 Å². The molecule has 0 saturated carbocycles. The first-order valence-electron chi connectivity index (χ1n) is 7.89. The van der Waals surface area contributed by atoms with Crippen molar-refractivity contribution in [2.75, 3.05) is 18.4 Å². The summed E-state index contributed by atoms with van der Waals surface area (Å²) in [5, 5.41) is 24.5. The van der Waals surface area contributed by atoms with Gasteiger partial charge in [-0.2, -0.15) is 5.10 Å². The first-order valence-corrected chi connectivity index (χ1v) is 7.89. The number of carbonyl (C=O) groups is 1. The van der Waals surface area contributed by atoms with Gasteiger partial charge in [0.05, 0.1) is 4.92 Å². The first kappa shape index (κ1) is 20.2. The molecule has 1 aromatic heterocycles. The Labute approximate surface area is 147 Å². The Balaban J connectivity index is 0.00000288. The molecule has 2 rings (SSSR count). The number of nitrogens with one attached hydrogen (secondary N) is 3. The third-order valence-corrected chi connectivity index (χ3v) is 4.05. The molecule has 136 valence electrons. The average Bonchev–Trinajstić information content (AvgIpc) is 2.79. The summed E-state index contributed by atoms with van der Waals surface area (Å²) in [5.74, 6) is 0.116. The van der Waals surface area contributed by atoms with E-state index in [1.54, 1.807) is 14.0 Å². The molecule has 2 heterocycles. The van der Waals surface area contributed by atoms with Crippen LogP contribution in [-0.2, 0) is 11.8 Å². The number of aromatic nitrogens is 2. The molecule has 0 aromatic carbocycles. The zero-order valence-electron chi connectivity index (χ0n) is 14.2. The topological polar surface area (TPSA) is 114 Å². The van der Waals surface area contributed by atoms with Crippen molar-refractivity contribution in [2.45, 2.75) is 45.2 Å². The number of anilines is 1. The number of rotatable bonds is 6. The first-order chi connectivity index (χ1) is 10.9. The highest BCUT2D eigenvalue weighted by atomic mass is 35.5. The fourth-order valence-corrected chi connectivity index (χ4v) is 2.82. The van der Waals surface area contributed by atoms with Crippen molar-refractivity contribution in [2.24, 2.45) is 7.05 Å². The number of piperidine rings is 1. The van der Waals surface area contributed by atoms with Crippen LogP contribution in [0.3, 0.4) is 0 Å². The van der Waals surface area contributed by atoms with Gasteiger partial charge in [0.15, 0.2) is 0 Å². The van der Waals surface area contributed by atoms with Crippen molar-refractivity contribution in [3.8, 4) is 0 Å². The smallest absolute Gasteiger partial charge is 0.333 e. The molecule has 1 saturated heterocycles. The number of halogens is 1. The molecular weight excluding hydrogens is 336 g/mol. The van der Waals surface area contributed by atoms with Gasteiger partial charge in [-0.3, -0.25) is 14.9 Å². The maximum absolute atomic E-state index is 12.4. The van der Waals surface area contributed by atoms with E-state index in [1.807, 2.05) is 6.92 Å². The molecular formula is C14H25ClN6O3. The Bertz CT molecular complexity index is 585. The van der Waals surface area contributed by atoms with Crippen LogP contribution in [0.2, 0.25) is 0 Å². The van der Waals surface area contributed by atoms with Crippen LogP contribution in [0, 0.1) is 17.0 Å². The van der Waals surface area contributed by atoms with E-state index in [0.29, 0.717) is 12.1 Å². The van der Waals surface area contributed by atoms with E-state index in [2.05, 4.69) is 21.0 Å². The van der Waals surface area contributed by atoms with Crippen LogP contribution < -0.4 is 16.0 Å². The van der Waals surface area contributed by atoms with Crippen LogP contribution in [0.4, 0.5) is 11.5 Å². The van der Waals surface area contributed by atoms with E-state index in [-0.39, 0.29) is 35.9 Å². The average molecular weight is 361 g/mol. The fraction of sp³-hybridized carbons (Fsp3) is 0.714. The van der Waals surface area contributed by atoms with Gasteiger partial charge in [-0.15, -0.1) is 12.4 Å². The highest BCUT2D eigenvalue weighted by molar-refractivity contribution is 5.85. The van der Waals surface area contributed by atoms with Crippen molar-refractivity contribution in [1.29, 1.82) is 0 Å². The monoisotopic (exact) mass is 360 g/mol. The molecule has 0 radical (unpaired) electrons. The summed E-state index contributed by atoms with van der Waals surface area (Å²) in [5.41, 5.74) is 0.241. The molecule has 0 spiro atoms. The lowest BCUT2D eigenvalue weighted by atomic mass is 10.1. The Morgan fingerprint density at radius 1 is 1.58 bits per heavy atom. The lowest BCUT2D eigenvalue weighted by Crippen LogP contribution is -2.50. The molecule has 2 atom stereocenters. The predicted octanol–water partition coefficient (Wildman–Crippen LogP) is 1.12. The molecule has 1 amide bonds. The van der Waals surface area contributed by atoms with Gasteiger partial charge in [-0.25, -0.2) is 4.68 Å². The highest BCUT2D eigenvalue weighted by Gasteiger charge is 2.28. The Hall–Kier alpha value is -1.87. The molecule has 1 aliphatic rings. The molecule has 0 aliphatic carbocycles. The molecule has 1 aliphatic heterocycles. The molecule has 0 bridgehead atoms. The third kappa shape index (κ3) is 4.57. The Morgan fingerprint density at radius 2 is 2.29 bits per heavy atom. The lowest BCUT2D eigenvalue weighted by molar-refractivity contribution is -0.384. The molecule has 10 heteroatoms. The molecule has 1 aromatic rings. The van der Waals surface area contributed by atoms with Crippen LogP contribution in [0.25, 0.3) is 0 Å². The molecule has 9 nitrogen and oxygen atoms in total. The molecule has 24 heavy (non-hydrogen) atoms. The van der Waals surface area contributed by atoms with Crippen molar-refractivity contribution in [3.05, 3.63) is 15.8 Å². The molecule has 3 N–H and O–H groups in total. The second kappa shape index (κ2) is 8.84. The number of hydrogen-bond donors (Lipinski definition) is 3. The predicted molar refractivity (Wildman–Crippen MR) is 93.6 cm³/mol. The summed E-state index contributed by atoms with van der Waals surface area (Å²) in [6.07, 6.45) is 2.50. The summed E-state index contributed by atoms with van der Waals surface area (Å²) >= 11 is 0. The second-order valence-electron chi connectivity index (χ2n) is 5.82. The zero-order chi connectivity index (χ0) is 17.0. The quantitative estimate of drug-likeness (QED) is 0.517. The van der Waals surface area contributed by atoms with Crippen LogP contribution >= 0.6 is 12.4 Å². The zero-order valence-corrected chi connectivity index (χ0v) is 15.0. The van der Waals surface area contributed by atoms with Crippen molar-refractivity contribution < 1.29 is 9.72 Å². The standard InChI is InChI=1S/C14H24N6O3.ClH/c1-4-11(14(21)16-10-6-5-7-15-8-10)17-13-12(20(22)23)9(2)18-19(13)3;/h10-11,15,17H,4-8H2,1-3H3,(H,16,21);1H/t10-,11?;/m0./s1. The van der Waals surface area contributed by atoms with E-state index in [4.69, 9.17) is 0 Å². The van der Waals surface area contributed by atoms with Gasteiger partial charge in [-0.05, 0) is 32.7 Å². The van der Waals surface area contributed by atoms with Crippen LogP contribution in [0.5, 0.6) is 0 Å². The van der Waals surface area contributed by atoms with Gasteiger partial charge in [0.1, 0.15) is 11.7 Å². The maximum atomic E-state index is 12.4. The Morgan fingerprint density at radius 3 is 2.83 bits per heavy atom. The van der Waals surface area contributed by atoms with Crippen LogP contribution in [0.15, 0.2) is 0 Å². The number of nitrogens with zero attached hydrogens (tertiary/aromatic N) is 3. The van der Waals surface area contributed by atoms with Gasteiger partial charge in [-0.1, -0.05) is 6.92 Å². The van der Waals surface area contributed by atoms with E-state index in [0.717, 1.165) is 25.9 Å². The molecule has 1 fully saturated rings. The largest absolute Gasteiger partial charge is 0.353 e. The molecule has 1 unspecified atom stereocenters. The van der Waals surface area contributed by atoms with Gasteiger partial charge in [0, 0.05) is 19.6 Å². The maximum Gasteiger partial charge on any atom is 0.333 e. The summed E-state index contributed by atoms with van der Waals surface area (Å²) in [6, 6.07) is -0.430. The van der Waals surface area contributed by atoms with Crippen molar-refractivity contribution in [1.82, 2.24) is 20.4 Å². The summed E-state index contributed by atoms with van der Waals surface area (Å²) < 4.78 is 1.41. The number of carbonyl (C=O) groups excluding carboxylic acids is 1. The SMILES string of the molecule is CCC(Nc1c([N+](=O)[O-])c(C)nn1C)C(=O)N[C@H]1CCCNC1.Cl. The van der Waals surface area contributed by atoms with Gasteiger partial charge < -0.3 is 16.0 Å². The van der Waals surface area contributed by atoms with Gasteiger partial charge >= 0.3 is 5.69 Å². The normalized spacial score (nSPS) is 18.4. The number of hydrogen-bond acceptors (Lipinski definition) is 6. The minimum absolute atomic E-state index is 0. The summed E-state index contributed by atoms with van der Waals surface area (Å²) in [7, 11) is 1.62. The lowest BCUT2D eigenvalue weighted by Gasteiger charge is -2.26. The van der Waals surface area contributed by atoms with Crippen LogP contribution in [-0.4, -0.2) is 45.8 Å². The van der Waals surface area contributed by atoms with E-state index in [9.17, 15) is 14.9 Å². The van der Waals surface area contributed by atoms with Crippen LogP contribution in [0.1, 0.15) is 31.9 Å². The van der Waals surface area contributed by atoms with E-state index in [1.165, 1.54) is 4.68 Å². The number of aryl methyl sites for hydroxylation is 2. The minimum atomic E-state index is -0.537. The van der Waals surface area contributed by atoms with Crippen molar-refractivity contribution in [3.63, 3.8) is 0 Å². The van der Waals surface area contributed by atoms with Gasteiger partial charge in [0.2, 0.25) is 11.7 Å². The number of nitro groups is 1.